The maximum atomic E-state index is 14.9. The number of nitro groups is 2. The minimum absolute atomic E-state index is 0.123. The van der Waals surface area contributed by atoms with Gasteiger partial charge in [0.1, 0.15) is 5.78 Å². The van der Waals surface area contributed by atoms with Crippen LogP contribution in [0.3, 0.4) is 0 Å². The molecule has 2 unspecified atom stereocenters. The van der Waals surface area contributed by atoms with Crippen LogP contribution in [0.1, 0.15) is 34.1 Å². The lowest BCUT2D eigenvalue weighted by atomic mass is 9.78. The molecule has 2 atom stereocenters. The molecule has 13 nitrogen and oxygen atoms in total. The van der Waals surface area contributed by atoms with Gasteiger partial charge in [0.15, 0.2) is 23.0 Å². The number of benzene rings is 4. The summed E-state index contributed by atoms with van der Waals surface area (Å²) in [6.07, 6.45) is 0.318. The third-order valence-corrected chi connectivity index (χ3v) is 8.03. The van der Waals surface area contributed by atoms with E-state index in [1.54, 1.807) is 48.5 Å². The Morgan fingerprint density at radius 3 is 1.06 bits per heavy atom. The van der Waals surface area contributed by atoms with Gasteiger partial charge in [0.25, 0.3) is 11.4 Å². The summed E-state index contributed by atoms with van der Waals surface area (Å²) in [5, 5.41) is 22.9. The van der Waals surface area contributed by atoms with Crippen molar-refractivity contribution < 1.29 is 43.1 Å². The van der Waals surface area contributed by atoms with Gasteiger partial charge in [-0.15, -0.1) is 0 Å². The molecule has 0 N–H and O–H groups in total. The molecule has 0 saturated carbocycles. The molecule has 0 radical (unpaired) electrons. The Labute approximate surface area is 277 Å². The van der Waals surface area contributed by atoms with E-state index in [-0.39, 0.29) is 30.0 Å². The first-order valence-electron chi connectivity index (χ1n) is 14.7. The highest BCUT2D eigenvalue weighted by Crippen LogP contribution is 2.42. The van der Waals surface area contributed by atoms with Gasteiger partial charge in [0.2, 0.25) is 11.5 Å². The van der Waals surface area contributed by atoms with Crippen molar-refractivity contribution in [3.8, 4) is 34.5 Å². The Kier molecular flexibility index (Phi) is 11.4. The quantitative estimate of drug-likeness (QED) is 0.0957. The first kappa shape index (κ1) is 35.0. The van der Waals surface area contributed by atoms with Gasteiger partial charge in [-0.2, -0.15) is 0 Å². The van der Waals surface area contributed by atoms with Crippen LogP contribution in [0.25, 0.3) is 0 Å². The van der Waals surface area contributed by atoms with Crippen LogP contribution < -0.4 is 28.4 Å². The topological polar surface area (TPSA) is 159 Å². The normalized spacial score (nSPS) is 12.0. The van der Waals surface area contributed by atoms with Gasteiger partial charge < -0.3 is 28.4 Å². The summed E-state index contributed by atoms with van der Waals surface area (Å²) >= 11 is 0. The van der Waals surface area contributed by atoms with Crippen LogP contribution in [-0.4, -0.2) is 58.3 Å². The van der Waals surface area contributed by atoms with Crippen molar-refractivity contribution in [1.82, 2.24) is 0 Å². The molecule has 13 heteroatoms. The van der Waals surface area contributed by atoms with E-state index in [1.807, 2.05) is 0 Å². The van der Waals surface area contributed by atoms with E-state index in [0.717, 1.165) is 0 Å². The number of ether oxygens (including phenoxy) is 6. The SMILES string of the molecule is COc1cc(CC(C(=O)C(Cc2cc(OC)c(OC)c(OC)c2)c2ccc([N+](=O)[O-])cc2)c2ccc([N+](=O)[O-])cc2)cc(OC)c1OC. The molecule has 4 aromatic carbocycles. The summed E-state index contributed by atoms with van der Waals surface area (Å²) in [5.74, 6) is 0.461. The highest BCUT2D eigenvalue weighted by molar-refractivity contribution is 5.92. The van der Waals surface area contributed by atoms with E-state index >= 15 is 0 Å². The molecule has 0 heterocycles. The van der Waals surface area contributed by atoms with Gasteiger partial charge in [-0.05, 0) is 59.4 Å². The minimum atomic E-state index is -0.823. The summed E-state index contributed by atoms with van der Waals surface area (Å²) in [4.78, 5) is 36.8. The monoisotopic (exact) mass is 660 g/mol. The van der Waals surface area contributed by atoms with Crippen molar-refractivity contribution >= 4 is 17.2 Å². The van der Waals surface area contributed by atoms with Crippen LogP contribution in [0, 0.1) is 20.2 Å². The van der Waals surface area contributed by atoms with E-state index in [0.29, 0.717) is 56.8 Å². The molecule has 4 rings (SSSR count). The molecule has 4 aromatic rings. The fourth-order valence-electron chi connectivity index (χ4n) is 5.64. The molecular weight excluding hydrogens is 624 g/mol. The van der Waals surface area contributed by atoms with E-state index in [4.69, 9.17) is 28.4 Å². The van der Waals surface area contributed by atoms with Crippen molar-refractivity contribution in [3.63, 3.8) is 0 Å². The zero-order valence-corrected chi connectivity index (χ0v) is 27.4. The molecule has 48 heavy (non-hydrogen) atoms. The van der Waals surface area contributed by atoms with Gasteiger partial charge in [-0.25, -0.2) is 0 Å². The number of non-ortho nitro benzene ring substituents is 2. The molecule has 0 aromatic heterocycles. The molecule has 0 saturated heterocycles. The van der Waals surface area contributed by atoms with Crippen LogP contribution in [0.2, 0.25) is 0 Å². The van der Waals surface area contributed by atoms with Crippen molar-refractivity contribution in [2.24, 2.45) is 0 Å². The maximum Gasteiger partial charge on any atom is 0.269 e. The van der Waals surface area contributed by atoms with Gasteiger partial charge in [0, 0.05) is 36.1 Å². The van der Waals surface area contributed by atoms with Crippen LogP contribution in [0.5, 0.6) is 34.5 Å². The molecule has 0 spiro atoms. The third-order valence-electron chi connectivity index (χ3n) is 8.03. The average molecular weight is 661 g/mol. The van der Waals surface area contributed by atoms with Crippen LogP contribution in [0.4, 0.5) is 11.4 Å². The average Bonchev–Trinajstić information content (AvgIpc) is 3.11. The molecule has 0 aliphatic heterocycles. The summed E-state index contributed by atoms with van der Waals surface area (Å²) in [6.45, 7) is 0. The maximum absolute atomic E-state index is 14.9. The van der Waals surface area contributed by atoms with E-state index in [1.165, 1.54) is 66.9 Å². The lowest BCUT2D eigenvalue weighted by molar-refractivity contribution is -0.385. The highest BCUT2D eigenvalue weighted by Gasteiger charge is 2.32. The first-order valence-corrected chi connectivity index (χ1v) is 14.7. The molecule has 0 amide bonds. The molecule has 252 valence electrons. The van der Waals surface area contributed by atoms with Gasteiger partial charge in [-0.1, -0.05) is 24.3 Å². The van der Waals surface area contributed by atoms with Crippen molar-refractivity contribution in [1.29, 1.82) is 0 Å². The minimum Gasteiger partial charge on any atom is -0.493 e. The summed E-state index contributed by atoms with van der Waals surface area (Å²) in [5.41, 5.74) is 2.18. The summed E-state index contributed by atoms with van der Waals surface area (Å²) in [6, 6.07) is 18.6. The molecular formula is C35H36N2O11. The Morgan fingerprint density at radius 1 is 0.542 bits per heavy atom. The largest absolute Gasteiger partial charge is 0.493 e. The fraction of sp³-hybridized carbons (Fsp3) is 0.286. The van der Waals surface area contributed by atoms with Crippen molar-refractivity contribution in [3.05, 3.63) is 115 Å². The lowest BCUT2D eigenvalue weighted by Gasteiger charge is -2.25. The van der Waals surface area contributed by atoms with Gasteiger partial charge in [0.05, 0.1) is 52.5 Å². The van der Waals surface area contributed by atoms with Crippen LogP contribution in [0.15, 0.2) is 72.8 Å². The van der Waals surface area contributed by atoms with Crippen molar-refractivity contribution in [2.45, 2.75) is 24.7 Å². The third kappa shape index (κ3) is 7.57. The molecule has 0 aliphatic carbocycles. The predicted octanol–water partition coefficient (Wildman–Crippen LogP) is 6.48. The first-order chi connectivity index (χ1) is 23.1. The van der Waals surface area contributed by atoms with Crippen LogP contribution >= 0.6 is 0 Å². The molecule has 0 aliphatic rings. The Morgan fingerprint density at radius 2 is 0.833 bits per heavy atom. The Hall–Kier alpha value is -5.85. The molecule has 0 fully saturated rings. The van der Waals surface area contributed by atoms with E-state index in [9.17, 15) is 25.0 Å². The lowest BCUT2D eigenvalue weighted by Crippen LogP contribution is -2.24. The highest BCUT2D eigenvalue weighted by atomic mass is 16.6. The Bertz CT molecular complexity index is 1590. The number of carbonyl (C=O) groups is 1. The number of hydrogen-bond donors (Lipinski definition) is 0. The van der Waals surface area contributed by atoms with Crippen LogP contribution in [-0.2, 0) is 17.6 Å². The van der Waals surface area contributed by atoms with E-state index in [2.05, 4.69) is 0 Å². The van der Waals surface area contributed by atoms with Gasteiger partial charge in [-0.3, -0.25) is 25.0 Å². The number of hydrogen-bond acceptors (Lipinski definition) is 11. The number of nitrogens with zero attached hydrogens (tertiary/aromatic N) is 2. The Balaban J connectivity index is 1.89. The number of methoxy groups -OCH3 is 6. The van der Waals surface area contributed by atoms with Gasteiger partial charge >= 0.3 is 0 Å². The standard InChI is InChI=1S/C35H36N2O11/c1-43-29-17-21(18-30(44-2)34(29)47-5)15-27(23-7-11-25(12-8-23)36(39)40)33(38)28(24-9-13-26(14-10-24)37(41)42)16-22-19-31(45-3)35(48-6)32(20-22)46-4/h7-14,17-20,27-28H,15-16H2,1-6H3. The second-order valence-corrected chi connectivity index (χ2v) is 10.7. The van der Waals surface area contributed by atoms with E-state index < -0.39 is 21.7 Å². The predicted molar refractivity (Wildman–Crippen MR) is 176 cm³/mol. The van der Waals surface area contributed by atoms with Crippen molar-refractivity contribution in [2.75, 3.05) is 42.7 Å². The zero-order chi connectivity index (χ0) is 35.0. The number of Topliss-reactive ketones (excluding diaryl/α,β-unsaturated/α-hetero) is 1. The second kappa shape index (κ2) is 15.6. The number of ketones is 1. The number of carbonyl (C=O) groups excluding carboxylic acids is 1. The fourth-order valence-corrected chi connectivity index (χ4v) is 5.64. The zero-order valence-electron chi connectivity index (χ0n) is 27.4. The number of rotatable bonds is 16. The second-order valence-electron chi connectivity index (χ2n) is 10.7. The number of nitro benzene ring substituents is 2. The smallest absolute Gasteiger partial charge is 0.269 e. The summed E-state index contributed by atoms with van der Waals surface area (Å²) in [7, 11) is 8.93. The molecule has 0 bridgehead atoms. The summed E-state index contributed by atoms with van der Waals surface area (Å²) < 4.78 is 33.1.